The Morgan fingerprint density at radius 1 is 1.08 bits per heavy atom. The fourth-order valence-corrected chi connectivity index (χ4v) is 4.04. The van der Waals surface area contributed by atoms with E-state index < -0.39 is 10.0 Å². The minimum absolute atomic E-state index is 0.142. The first-order valence-electron chi connectivity index (χ1n) is 7.85. The number of hydrogen-bond donors (Lipinski definition) is 2. The third kappa shape index (κ3) is 5.59. The monoisotopic (exact) mass is 378 g/mol. The van der Waals surface area contributed by atoms with Crippen molar-refractivity contribution in [2.75, 3.05) is 18.1 Å². The molecule has 0 spiro atoms. The summed E-state index contributed by atoms with van der Waals surface area (Å²) in [6.07, 6.45) is 0.348. The molecule has 25 heavy (non-hydrogen) atoms. The normalized spacial score (nSPS) is 11.3. The Balaban J connectivity index is 1.94. The molecule has 2 aromatic carbocycles. The van der Waals surface area contributed by atoms with Crippen LogP contribution >= 0.6 is 11.8 Å². The summed E-state index contributed by atoms with van der Waals surface area (Å²) in [5.41, 5.74) is 2.31. The number of nitrogens with one attached hydrogen (secondary N) is 2. The molecule has 0 unspecified atom stereocenters. The van der Waals surface area contributed by atoms with E-state index in [2.05, 4.69) is 10.0 Å². The van der Waals surface area contributed by atoms with E-state index in [1.807, 2.05) is 31.2 Å². The predicted octanol–water partition coefficient (Wildman–Crippen LogP) is 3.33. The van der Waals surface area contributed by atoms with Gasteiger partial charge in [0.2, 0.25) is 15.9 Å². The van der Waals surface area contributed by atoms with Gasteiger partial charge in [-0.05, 0) is 50.7 Å². The zero-order valence-electron chi connectivity index (χ0n) is 14.5. The number of thioether (sulfide) groups is 1. The fourth-order valence-electron chi connectivity index (χ4n) is 2.20. The van der Waals surface area contributed by atoms with Gasteiger partial charge in [0, 0.05) is 22.8 Å². The Morgan fingerprint density at radius 2 is 1.76 bits per heavy atom. The molecule has 1 amide bonds. The van der Waals surface area contributed by atoms with Crippen LogP contribution in [0.15, 0.2) is 52.3 Å². The third-order valence-corrected chi connectivity index (χ3v) is 6.22. The van der Waals surface area contributed by atoms with Gasteiger partial charge in [-0.1, -0.05) is 23.8 Å². The number of benzene rings is 2. The van der Waals surface area contributed by atoms with Crippen molar-refractivity contribution in [2.45, 2.75) is 30.1 Å². The Labute approximate surface area is 153 Å². The van der Waals surface area contributed by atoms with Crippen LogP contribution in [0.25, 0.3) is 0 Å². The molecule has 0 saturated carbocycles. The Kier molecular flexibility index (Phi) is 6.64. The molecule has 0 radical (unpaired) electrons. The minimum atomic E-state index is -3.55. The van der Waals surface area contributed by atoms with Crippen LogP contribution in [0, 0.1) is 13.8 Å². The van der Waals surface area contributed by atoms with Crippen molar-refractivity contribution in [1.82, 2.24) is 4.72 Å². The number of amides is 1. The lowest BCUT2D eigenvalue weighted by molar-refractivity contribution is -0.115. The summed E-state index contributed by atoms with van der Waals surface area (Å²) < 4.78 is 26.3. The summed E-state index contributed by atoms with van der Waals surface area (Å²) in [5.74, 6) is 0.513. The maximum atomic E-state index is 12.1. The van der Waals surface area contributed by atoms with Crippen LogP contribution in [0.2, 0.25) is 0 Å². The molecule has 2 rings (SSSR count). The molecule has 0 saturated heterocycles. The topological polar surface area (TPSA) is 75.3 Å². The van der Waals surface area contributed by atoms with Gasteiger partial charge >= 0.3 is 0 Å². The molecule has 0 aromatic heterocycles. The zero-order chi connectivity index (χ0) is 18.4. The van der Waals surface area contributed by atoms with Gasteiger partial charge in [-0.25, -0.2) is 13.1 Å². The SMILES string of the molecule is CNS(=O)(=O)c1cc(NC(=O)CCSc2ccc(C)cc2)ccc1C. The quantitative estimate of drug-likeness (QED) is 0.725. The average Bonchev–Trinajstić information content (AvgIpc) is 2.58. The van der Waals surface area contributed by atoms with Crippen molar-refractivity contribution in [1.29, 1.82) is 0 Å². The third-order valence-electron chi connectivity index (χ3n) is 3.65. The number of rotatable bonds is 7. The molecular formula is C18H22N2O3S2. The van der Waals surface area contributed by atoms with Crippen molar-refractivity contribution < 1.29 is 13.2 Å². The van der Waals surface area contributed by atoms with Crippen LogP contribution < -0.4 is 10.0 Å². The first-order valence-corrected chi connectivity index (χ1v) is 10.3. The number of anilines is 1. The molecule has 0 fully saturated rings. The number of aryl methyl sites for hydroxylation is 2. The van der Waals surface area contributed by atoms with Crippen LogP contribution in [0.5, 0.6) is 0 Å². The first kappa shape index (κ1) is 19.5. The summed E-state index contributed by atoms with van der Waals surface area (Å²) in [4.78, 5) is 13.4. The van der Waals surface area contributed by atoms with Crippen LogP contribution in [0.4, 0.5) is 5.69 Å². The van der Waals surface area contributed by atoms with E-state index in [1.165, 1.54) is 18.7 Å². The van der Waals surface area contributed by atoms with Crippen molar-refractivity contribution in [3.63, 3.8) is 0 Å². The second-order valence-electron chi connectivity index (χ2n) is 5.65. The van der Waals surface area contributed by atoms with E-state index in [1.54, 1.807) is 30.8 Å². The van der Waals surface area contributed by atoms with Gasteiger partial charge in [-0.3, -0.25) is 4.79 Å². The van der Waals surface area contributed by atoms with E-state index in [-0.39, 0.29) is 10.8 Å². The molecule has 5 nitrogen and oxygen atoms in total. The molecule has 7 heteroatoms. The lowest BCUT2D eigenvalue weighted by Gasteiger charge is -2.10. The Morgan fingerprint density at radius 3 is 2.40 bits per heavy atom. The molecule has 0 bridgehead atoms. The largest absolute Gasteiger partial charge is 0.326 e. The van der Waals surface area contributed by atoms with Crippen LogP contribution in [-0.4, -0.2) is 27.1 Å². The smallest absolute Gasteiger partial charge is 0.240 e. The highest BCUT2D eigenvalue weighted by Crippen LogP contribution is 2.21. The summed E-state index contributed by atoms with van der Waals surface area (Å²) in [6, 6.07) is 13.0. The highest BCUT2D eigenvalue weighted by Gasteiger charge is 2.15. The van der Waals surface area contributed by atoms with Gasteiger partial charge in [0.05, 0.1) is 4.90 Å². The van der Waals surface area contributed by atoms with Gasteiger partial charge in [0.15, 0.2) is 0 Å². The van der Waals surface area contributed by atoms with E-state index in [4.69, 9.17) is 0 Å². The zero-order valence-corrected chi connectivity index (χ0v) is 16.1. The maximum Gasteiger partial charge on any atom is 0.240 e. The average molecular weight is 379 g/mol. The summed E-state index contributed by atoms with van der Waals surface area (Å²) in [7, 11) is -2.19. The fraction of sp³-hybridized carbons (Fsp3) is 0.278. The highest BCUT2D eigenvalue weighted by molar-refractivity contribution is 7.99. The molecule has 2 aromatic rings. The minimum Gasteiger partial charge on any atom is -0.326 e. The molecule has 0 aliphatic carbocycles. The molecule has 0 atom stereocenters. The van der Waals surface area contributed by atoms with E-state index in [0.717, 1.165) is 4.90 Å². The molecule has 0 aliphatic heterocycles. The van der Waals surface area contributed by atoms with Crippen LogP contribution in [0.3, 0.4) is 0 Å². The molecule has 2 N–H and O–H groups in total. The second-order valence-corrected chi connectivity index (χ2v) is 8.67. The first-order chi connectivity index (χ1) is 11.8. The number of hydrogen-bond acceptors (Lipinski definition) is 4. The maximum absolute atomic E-state index is 12.1. The Bertz CT molecular complexity index is 847. The van der Waals surface area contributed by atoms with Crippen molar-refractivity contribution >= 4 is 33.4 Å². The van der Waals surface area contributed by atoms with E-state index in [0.29, 0.717) is 23.4 Å². The predicted molar refractivity (Wildman–Crippen MR) is 103 cm³/mol. The van der Waals surface area contributed by atoms with Gasteiger partial charge in [0.1, 0.15) is 0 Å². The van der Waals surface area contributed by atoms with Crippen molar-refractivity contribution in [3.05, 3.63) is 53.6 Å². The summed E-state index contributed by atoms with van der Waals surface area (Å²) in [5, 5.41) is 2.76. The van der Waals surface area contributed by atoms with E-state index in [9.17, 15) is 13.2 Å². The van der Waals surface area contributed by atoms with Gasteiger partial charge in [-0.2, -0.15) is 0 Å². The van der Waals surface area contributed by atoms with E-state index >= 15 is 0 Å². The molecular weight excluding hydrogens is 356 g/mol. The number of sulfonamides is 1. The lowest BCUT2D eigenvalue weighted by Crippen LogP contribution is -2.20. The van der Waals surface area contributed by atoms with Gasteiger partial charge in [-0.15, -0.1) is 11.8 Å². The number of carbonyl (C=O) groups is 1. The summed E-state index contributed by atoms with van der Waals surface area (Å²) >= 11 is 1.61. The highest BCUT2D eigenvalue weighted by atomic mass is 32.2. The molecule has 0 heterocycles. The second kappa shape index (κ2) is 8.51. The summed E-state index contributed by atoms with van der Waals surface area (Å²) in [6.45, 7) is 3.75. The van der Waals surface area contributed by atoms with Crippen LogP contribution in [-0.2, 0) is 14.8 Å². The molecule has 0 aliphatic rings. The number of carbonyl (C=O) groups excluding carboxylic acids is 1. The molecule has 134 valence electrons. The van der Waals surface area contributed by atoms with Crippen molar-refractivity contribution in [2.24, 2.45) is 0 Å². The van der Waals surface area contributed by atoms with Crippen LogP contribution in [0.1, 0.15) is 17.5 Å². The standard InChI is InChI=1S/C18H22N2O3S2/c1-13-4-8-16(9-5-13)24-11-10-18(21)20-15-7-6-14(2)17(12-15)25(22,23)19-3/h4-9,12,19H,10-11H2,1-3H3,(H,20,21). The van der Waals surface area contributed by atoms with Gasteiger partial charge in [0.25, 0.3) is 0 Å². The lowest BCUT2D eigenvalue weighted by atomic mass is 10.2. The Hall–Kier alpha value is -1.83. The van der Waals surface area contributed by atoms with Crippen molar-refractivity contribution in [3.8, 4) is 0 Å². The van der Waals surface area contributed by atoms with Gasteiger partial charge < -0.3 is 5.32 Å².